The molecule has 0 saturated heterocycles. The van der Waals surface area contributed by atoms with Gasteiger partial charge < -0.3 is 14.8 Å². The zero-order valence-electron chi connectivity index (χ0n) is 21.7. The molecule has 4 aromatic rings. The predicted octanol–water partition coefficient (Wildman–Crippen LogP) is 8.36. The summed E-state index contributed by atoms with van der Waals surface area (Å²) in [5.74, 6) is 0.675. The normalized spacial score (nSPS) is 14.4. The maximum atomic E-state index is 13.3. The fourth-order valence-electron chi connectivity index (χ4n) is 5.22. The lowest BCUT2D eigenvalue weighted by Gasteiger charge is -2.32. The van der Waals surface area contributed by atoms with Gasteiger partial charge >= 0.3 is 5.97 Å². The van der Waals surface area contributed by atoms with Crippen LogP contribution in [0.5, 0.6) is 5.75 Å². The van der Waals surface area contributed by atoms with E-state index in [1.807, 2.05) is 78.9 Å². The first kappa shape index (κ1) is 25.6. The van der Waals surface area contributed by atoms with Crippen LogP contribution in [0.3, 0.4) is 0 Å². The molecule has 38 heavy (non-hydrogen) atoms. The Morgan fingerprint density at radius 3 is 2.00 bits per heavy atom. The van der Waals surface area contributed by atoms with Gasteiger partial charge in [-0.05, 0) is 53.6 Å². The van der Waals surface area contributed by atoms with E-state index in [1.54, 1.807) is 0 Å². The fourth-order valence-corrected chi connectivity index (χ4v) is 5.22. The first-order chi connectivity index (χ1) is 18.8. The summed E-state index contributed by atoms with van der Waals surface area (Å²) in [7, 11) is 0. The van der Waals surface area contributed by atoms with Crippen molar-refractivity contribution in [2.45, 2.75) is 51.4 Å². The van der Waals surface area contributed by atoms with Crippen molar-refractivity contribution < 1.29 is 14.3 Å². The Morgan fingerprint density at radius 2 is 1.34 bits per heavy atom. The average molecular weight is 506 g/mol. The quantitative estimate of drug-likeness (QED) is 0.220. The van der Waals surface area contributed by atoms with Crippen molar-refractivity contribution in [3.8, 4) is 5.75 Å². The Hall–Kier alpha value is -4.05. The molecule has 1 aliphatic rings. The van der Waals surface area contributed by atoms with Crippen molar-refractivity contribution in [3.63, 3.8) is 0 Å². The SMILES string of the molecule is O=C(OCc1ccccc1)c1cc(NC(c2ccccc2)C2CCCCC2)ccc1OCc1ccccc1. The van der Waals surface area contributed by atoms with Crippen molar-refractivity contribution in [3.05, 3.63) is 131 Å². The second-order valence-corrected chi connectivity index (χ2v) is 9.98. The zero-order chi connectivity index (χ0) is 26.0. The number of hydrogen-bond acceptors (Lipinski definition) is 4. The maximum absolute atomic E-state index is 13.3. The number of carbonyl (C=O) groups is 1. The minimum Gasteiger partial charge on any atom is -0.488 e. The molecule has 1 unspecified atom stereocenters. The van der Waals surface area contributed by atoms with Gasteiger partial charge in [-0.2, -0.15) is 0 Å². The third-order valence-electron chi connectivity index (χ3n) is 7.25. The van der Waals surface area contributed by atoms with Gasteiger partial charge in [0, 0.05) is 5.69 Å². The van der Waals surface area contributed by atoms with Crippen molar-refractivity contribution in [1.29, 1.82) is 0 Å². The predicted molar refractivity (Wildman–Crippen MR) is 152 cm³/mol. The van der Waals surface area contributed by atoms with Crippen LogP contribution in [-0.4, -0.2) is 5.97 Å². The number of carbonyl (C=O) groups excluding carboxylic acids is 1. The van der Waals surface area contributed by atoms with Crippen LogP contribution in [0.4, 0.5) is 5.69 Å². The highest BCUT2D eigenvalue weighted by molar-refractivity contribution is 5.93. The topological polar surface area (TPSA) is 47.6 Å². The van der Waals surface area contributed by atoms with Gasteiger partial charge in [0.1, 0.15) is 24.5 Å². The molecule has 4 nitrogen and oxygen atoms in total. The summed E-state index contributed by atoms with van der Waals surface area (Å²) >= 11 is 0. The molecule has 4 heteroatoms. The molecule has 5 rings (SSSR count). The van der Waals surface area contributed by atoms with Gasteiger partial charge in [0.05, 0.1) is 6.04 Å². The first-order valence-electron chi connectivity index (χ1n) is 13.6. The smallest absolute Gasteiger partial charge is 0.342 e. The third kappa shape index (κ3) is 6.83. The lowest BCUT2D eigenvalue weighted by molar-refractivity contribution is 0.0467. The molecule has 4 aromatic carbocycles. The van der Waals surface area contributed by atoms with E-state index in [4.69, 9.17) is 9.47 Å². The van der Waals surface area contributed by atoms with Crippen LogP contribution in [0.15, 0.2) is 109 Å². The summed E-state index contributed by atoms with van der Waals surface area (Å²) < 4.78 is 11.8. The highest BCUT2D eigenvalue weighted by Crippen LogP contribution is 2.37. The Kier molecular flexibility index (Phi) is 8.73. The van der Waals surface area contributed by atoms with Gasteiger partial charge in [0.15, 0.2) is 0 Å². The Labute approximate surface area is 225 Å². The van der Waals surface area contributed by atoms with Crippen LogP contribution in [0.1, 0.15) is 65.2 Å². The molecular formula is C34H35NO3. The third-order valence-corrected chi connectivity index (χ3v) is 7.25. The maximum Gasteiger partial charge on any atom is 0.342 e. The average Bonchev–Trinajstić information content (AvgIpc) is 3.00. The van der Waals surface area contributed by atoms with E-state index in [-0.39, 0.29) is 12.6 Å². The van der Waals surface area contributed by atoms with E-state index in [2.05, 4.69) is 35.6 Å². The van der Waals surface area contributed by atoms with E-state index < -0.39 is 5.97 Å². The van der Waals surface area contributed by atoms with Gasteiger partial charge in [-0.1, -0.05) is 110 Å². The molecule has 1 saturated carbocycles. The number of ether oxygens (including phenoxy) is 2. The standard InChI is InChI=1S/C34H35NO3/c36-34(38-25-27-15-7-2-8-16-27)31-23-30(21-22-32(31)37-24-26-13-5-1-6-14-26)35-33(28-17-9-3-10-18-28)29-19-11-4-12-20-29/h1-3,5-10,13-18,21-23,29,33,35H,4,11-12,19-20,24-25H2. The van der Waals surface area contributed by atoms with Crippen LogP contribution in [-0.2, 0) is 18.0 Å². The van der Waals surface area contributed by atoms with E-state index >= 15 is 0 Å². The van der Waals surface area contributed by atoms with Crippen LogP contribution in [0.2, 0.25) is 0 Å². The van der Waals surface area contributed by atoms with Crippen LogP contribution in [0, 0.1) is 5.92 Å². The molecule has 0 amide bonds. The fraction of sp³-hybridized carbons (Fsp3) is 0.265. The van der Waals surface area contributed by atoms with Crippen molar-refractivity contribution in [1.82, 2.24) is 0 Å². The molecule has 1 aliphatic carbocycles. The Bertz CT molecular complexity index is 1290. The summed E-state index contributed by atoms with van der Waals surface area (Å²) in [5, 5.41) is 3.77. The molecule has 0 spiro atoms. The minimum absolute atomic E-state index is 0.181. The lowest BCUT2D eigenvalue weighted by atomic mass is 9.81. The van der Waals surface area contributed by atoms with Gasteiger partial charge in [0.25, 0.3) is 0 Å². The summed E-state index contributed by atoms with van der Waals surface area (Å²) in [5.41, 5.74) is 4.58. The number of nitrogens with one attached hydrogen (secondary N) is 1. The van der Waals surface area contributed by atoms with Gasteiger partial charge in [-0.25, -0.2) is 4.79 Å². The molecule has 0 aromatic heterocycles. The van der Waals surface area contributed by atoms with Crippen LogP contribution < -0.4 is 10.1 Å². The summed E-state index contributed by atoms with van der Waals surface area (Å²) in [6.07, 6.45) is 6.24. The van der Waals surface area contributed by atoms with Crippen molar-refractivity contribution in [2.24, 2.45) is 5.92 Å². The molecule has 194 valence electrons. The Morgan fingerprint density at radius 1 is 0.737 bits per heavy atom. The van der Waals surface area contributed by atoms with E-state index in [1.165, 1.54) is 37.7 Å². The second-order valence-electron chi connectivity index (χ2n) is 9.98. The molecular weight excluding hydrogens is 470 g/mol. The van der Waals surface area contributed by atoms with Gasteiger partial charge in [0.2, 0.25) is 0 Å². The van der Waals surface area contributed by atoms with E-state index in [0.717, 1.165) is 16.8 Å². The lowest BCUT2D eigenvalue weighted by Crippen LogP contribution is -2.23. The largest absolute Gasteiger partial charge is 0.488 e. The molecule has 0 radical (unpaired) electrons. The van der Waals surface area contributed by atoms with Crippen molar-refractivity contribution >= 4 is 11.7 Å². The highest BCUT2D eigenvalue weighted by Gasteiger charge is 2.26. The molecule has 0 bridgehead atoms. The molecule has 1 atom stereocenters. The zero-order valence-corrected chi connectivity index (χ0v) is 21.7. The monoisotopic (exact) mass is 505 g/mol. The molecule has 0 heterocycles. The number of rotatable bonds is 10. The van der Waals surface area contributed by atoms with E-state index in [0.29, 0.717) is 23.8 Å². The highest BCUT2D eigenvalue weighted by atomic mass is 16.5. The molecule has 0 aliphatic heterocycles. The molecule has 1 fully saturated rings. The van der Waals surface area contributed by atoms with Gasteiger partial charge in [-0.3, -0.25) is 0 Å². The van der Waals surface area contributed by atoms with Gasteiger partial charge in [-0.15, -0.1) is 0 Å². The summed E-state index contributed by atoms with van der Waals surface area (Å²) in [6.45, 7) is 0.589. The van der Waals surface area contributed by atoms with E-state index in [9.17, 15) is 4.79 Å². The number of esters is 1. The number of anilines is 1. The molecule has 1 N–H and O–H groups in total. The van der Waals surface area contributed by atoms with Crippen molar-refractivity contribution in [2.75, 3.05) is 5.32 Å². The number of benzene rings is 4. The minimum atomic E-state index is -0.394. The summed E-state index contributed by atoms with van der Waals surface area (Å²) in [6, 6.07) is 36.3. The number of hydrogen-bond donors (Lipinski definition) is 1. The van der Waals surface area contributed by atoms with Crippen LogP contribution in [0.25, 0.3) is 0 Å². The Balaban J connectivity index is 1.40. The first-order valence-corrected chi connectivity index (χ1v) is 13.6. The second kappa shape index (κ2) is 13.0. The summed E-state index contributed by atoms with van der Waals surface area (Å²) in [4.78, 5) is 13.3. The van der Waals surface area contributed by atoms with Crippen LogP contribution >= 0.6 is 0 Å².